The molecule has 3 aromatic carbocycles. The molecule has 0 aliphatic carbocycles. The molecule has 0 bridgehead atoms. The number of nitrogens with zero attached hydrogens (tertiary/aromatic N) is 1. The summed E-state index contributed by atoms with van der Waals surface area (Å²) in [7, 11) is -4.19. The number of anilines is 1. The largest absolute Gasteiger partial charge is 0.416 e. The van der Waals surface area contributed by atoms with Crippen LogP contribution in [0.25, 0.3) is 0 Å². The molecule has 11 heteroatoms. The number of hydrogen-bond acceptors (Lipinski definition) is 5. The van der Waals surface area contributed by atoms with E-state index in [9.17, 15) is 36.5 Å². The van der Waals surface area contributed by atoms with Crippen molar-refractivity contribution in [2.75, 3.05) is 4.72 Å². The lowest BCUT2D eigenvalue weighted by molar-refractivity contribution is -0.383. The van der Waals surface area contributed by atoms with Crippen molar-refractivity contribution < 1.29 is 31.3 Å². The minimum Gasteiger partial charge on any atom is -0.289 e. The molecule has 0 saturated carbocycles. The number of rotatable bonds is 6. The van der Waals surface area contributed by atoms with Gasteiger partial charge in [0, 0.05) is 17.2 Å². The van der Waals surface area contributed by atoms with Gasteiger partial charge in [0.15, 0.2) is 5.78 Å². The van der Waals surface area contributed by atoms with Crippen molar-refractivity contribution >= 4 is 27.2 Å². The van der Waals surface area contributed by atoms with E-state index in [0.29, 0.717) is 0 Å². The number of alkyl halides is 3. The van der Waals surface area contributed by atoms with Crippen LogP contribution in [0.1, 0.15) is 21.5 Å². The highest BCUT2D eigenvalue weighted by atomic mass is 32.2. The number of carbonyl (C=O) groups is 1. The molecular weight excluding hydrogens is 437 g/mol. The van der Waals surface area contributed by atoms with Gasteiger partial charge in [-0.2, -0.15) is 13.2 Å². The van der Waals surface area contributed by atoms with Gasteiger partial charge in [-0.05, 0) is 36.4 Å². The van der Waals surface area contributed by atoms with Crippen molar-refractivity contribution in [3.05, 3.63) is 99.6 Å². The first kappa shape index (κ1) is 22.0. The summed E-state index contributed by atoms with van der Waals surface area (Å²) in [6.07, 6.45) is -4.57. The van der Waals surface area contributed by atoms with Crippen molar-refractivity contribution in [3.8, 4) is 0 Å². The lowest BCUT2D eigenvalue weighted by Crippen LogP contribution is -2.15. The first-order chi connectivity index (χ1) is 14.5. The van der Waals surface area contributed by atoms with E-state index in [1.807, 2.05) is 0 Å². The monoisotopic (exact) mass is 450 g/mol. The number of ketones is 1. The van der Waals surface area contributed by atoms with E-state index in [2.05, 4.69) is 4.72 Å². The van der Waals surface area contributed by atoms with Crippen LogP contribution in [0.15, 0.2) is 77.7 Å². The lowest BCUT2D eigenvalue weighted by Gasteiger charge is -2.11. The average molecular weight is 450 g/mol. The zero-order chi connectivity index (χ0) is 22.8. The zero-order valence-corrected chi connectivity index (χ0v) is 16.3. The molecule has 1 N–H and O–H groups in total. The molecule has 0 unspecified atom stereocenters. The third-order valence-corrected chi connectivity index (χ3v) is 5.61. The summed E-state index contributed by atoms with van der Waals surface area (Å²) < 4.78 is 65.3. The minimum atomic E-state index is -4.57. The van der Waals surface area contributed by atoms with Crippen molar-refractivity contribution in [2.24, 2.45) is 0 Å². The fourth-order valence-corrected chi connectivity index (χ4v) is 3.79. The molecule has 0 fully saturated rings. The fourth-order valence-electron chi connectivity index (χ4n) is 2.70. The Kier molecular flexibility index (Phi) is 5.80. The Labute approximate surface area is 174 Å². The maximum Gasteiger partial charge on any atom is 0.416 e. The van der Waals surface area contributed by atoms with Gasteiger partial charge in [0.25, 0.3) is 15.7 Å². The van der Waals surface area contributed by atoms with E-state index in [1.54, 1.807) is 6.07 Å². The zero-order valence-electron chi connectivity index (χ0n) is 15.5. The van der Waals surface area contributed by atoms with E-state index in [-0.39, 0.29) is 16.0 Å². The van der Waals surface area contributed by atoms with Gasteiger partial charge in [-0.15, -0.1) is 0 Å². The van der Waals surface area contributed by atoms with Crippen molar-refractivity contribution in [1.29, 1.82) is 0 Å². The number of nitrogens with one attached hydrogen (secondary N) is 1. The topological polar surface area (TPSA) is 106 Å². The number of benzene rings is 3. The smallest absolute Gasteiger partial charge is 0.289 e. The second-order valence-corrected chi connectivity index (χ2v) is 7.99. The van der Waals surface area contributed by atoms with Crippen LogP contribution >= 0.6 is 0 Å². The van der Waals surface area contributed by atoms with E-state index < -0.39 is 43.8 Å². The van der Waals surface area contributed by atoms with Crippen LogP contribution in [-0.4, -0.2) is 19.1 Å². The van der Waals surface area contributed by atoms with Gasteiger partial charge in [0.05, 0.1) is 15.4 Å². The van der Waals surface area contributed by atoms with Crippen LogP contribution in [0.5, 0.6) is 0 Å². The van der Waals surface area contributed by atoms with Gasteiger partial charge in [-0.25, -0.2) is 8.42 Å². The van der Waals surface area contributed by atoms with Gasteiger partial charge >= 0.3 is 6.18 Å². The van der Waals surface area contributed by atoms with Crippen molar-refractivity contribution in [3.63, 3.8) is 0 Å². The first-order valence-corrected chi connectivity index (χ1v) is 10.1. The standard InChI is InChI=1S/C20H13F3N2O5S/c21-20(22,23)15-9-6-13(7-10-15)19(26)14-8-11-18(25(27)28)17(12-14)24-31(29,30)16-4-2-1-3-5-16/h1-12,24H. The van der Waals surface area contributed by atoms with Crippen molar-refractivity contribution in [2.45, 2.75) is 11.1 Å². The third-order valence-electron chi connectivity index (χ3n) is 4.23. The van der Waals surface area contributed by atoms with E-state index >= 15 is 0 Å². The highest BCUT2D eigenvalue weighted by Crippen LogP contribution is 2.31. The lowest BCUT2D eigenvalue weighted by atomic mass is 10.0. The highest BCUT2D eigenvalue weighted by Gasteiger charge is 2.30. The molecule has 7 nitrogen and oxygen atoms in total. The van der Waals surface area contributed by atoms with Gasteiger partial charge in [0.1, 0.15) is 5.69 Å². The van der Waals surface area contributed by atoms with Crippen molar-refractivity contribution in [1.82, 2.24) is 0 Å². The molecule has 0 atom stereocenters. The Hall–Kier alpha value is -3.73. The predicted octanol–water partition coefficient (Wildman–Crippen LogP) is 4.65. The second-order valence-electron chi connectivity index (χ2n) is 6.31. The Morgan fingerprint density at radius 3 is 2.03 bits per heavy atom. The molecule has 0 saturated heterocycles. The summed E-state index contributed by atoms with van der Waals surface area (Å²) in [5, 5.41) is 11.3. The second kappa shape index (κ2) is 8.19. The molecule has 0 radical (unpaired) electrons. The molecule has 0 aliphatic heterocycles. The Balaban J connectivity index is 1.98. The number of hydrogen-bond donors (Lipinski definition) is 1. The Morgan fingerprint density at radius 1 is 0.903 bits per heavy atom. The molecule has 3 aromatic rings. The molecule has 0 spiro atoms. The van der Waals surface area contributed by atoms with E-state index in [1.165, 1.54) is 24.3 Å². The molecule has 0 aliphatic rings. The molecule has 31 heavy (non-hydrogen) atoms. The third kappa shape index (κ3) is 4.89. The summed E-state index contributed by atoms with van der Waals surface area (Å²) in [6.45, 7) is 0. The number of sulfonamides is 1. The van der Waals surface area contributed by atoms with Gasteiger partial charge < -0.3 is 0 Å². The summed E-state index contributed by atoms with van der Waals surface area (Å²) in [6, 6.07) is 13.5. The van der Waals surface area contributed by atoms with Crippen LogP contribution in [0, 0.1) is 10.1 Å². The molecule has 0 amide bonds. The van der Waals surface area contributed by atoms with Crippen LogP contribution in [-0.2, 0) is 16.2 Å². The molecule has 0 aromatic heterocycles. The van der Waals surface area contributed by atoms with Crippen LogP contribution in [0.4, 0.5) is 24.5 Å². The summed E-state index contributed by atoms with van der Waals surface area (Å²) in [4.78, 5) is 23.0. The maximum absolute atomic E-state index is 12.7. The summed E-state index contributed by atoms with van der Waals surface area (Å²) in [5.74, 6) is -0.733. The van der Waals surface area contributed by atoms with Gasteiger partial charge in [-0.1, -0.05) is 30.3 Å². The predicted molar refractivity (Wildman–Crippen MR) is 105 cm³/mol. The van der Waals surface area contributed by atoms with E-state index in [4.69, 9.17) is 0 Å². The number of halogens is 3. The van der Waals surface area contributed by atoms with Crippen LogP contribution in [0.3, 0.4) is 0 Å². The quantitative estimate of drug-likeness (QED) is 0.334. The van der Waals surface area contributed by atoms with Crippen LogP contribution < -0.4 is 4.72 Å². The van der Waals surface area contributed by atoms with Crippen LogP contribution in [0.2, 0.25) is 0 Å². The SMILES string of the molecule is O=C(c1ccc(C(F)(F)F)cc1)c1ccc([N+](=O)[O-])c(NS(=O)(=O)c2ccccc2)c1. The van der Waals surface area contributed by atoms with E-state index in [0.717, 1.165) is 42.5 Å². The van der Waals surface area contributed by atoms with Gasteiger partial charge in [0.2, 0.25) is 0 Å². The fraction of sp³-hybridized carbons (Fsp3) is 0.0500. The molecular formula is C20H13F3N2O5S. The minimum absolute atomic E-state index is 0.0984. The Morgan fingerprint density at radius 2 is 1.48 bits per heavy atom. The summed E-state index contributed by atoms with van der Waals surface area (Å²) in [5.41, 5.74) is -2.23. The molecule has 3 rings (SSSR count). The van der Waals surface area contributed by atoms with Gasteiger partial charge in [-0.3, -0.25) is 19.6 Å². The first-order valence-electron chi connectivity index (χ1n) is 8.57. The molecule has 160 valence electrons. The maximum atomic E-state index is 12.7. The normalized spacial score (nSPS) is 11.7. The number of nitro groups is 1. The number of carbonyl (C=O) groups excluding carboxylic acids is 1. The highest BCUT2D eigenvalue weighted by molar-refractivity contribution is 7.92. The summed E-state index contributed by atoms with van der Waals surface area (Å²) >= 11 is 0. The molecule has 0 heterocycles. The average Bonchev–Trinajstić information content (AvgIpc) is 2.73. The Bertz CT molecular complexity index is 1240. The number of nitro benzene ring substituents is 1.